The van der Waals surface area contributed by atoms with Crippen LogP contribution in [0.1, 0.15) is 53.6 Å². The van der Waals surface area contributed by atoms with Crippen LogP contribution in [0.4, 0.5) is 0 Å². The molecular formula is C25H27ClN2O2. The van der Waals surface area contributed by atoms with Gasteiger partial charge in [-0.05, 0) is 49.6 Å². The molecule has 4 rings (SSSR count). The van der Waals surface area contributed by atoms with Crippen LogP contribution in [0.5, 0.6) is 5.75 Å². The summed E-state index contributed by atoms with van der Waals surface area (Å²) in [7, 11) is 1.62. The zero-order valence-corrected chi connectivity index (χ0v) is 18.3. The Bertz CT molecular complexity index is 1060. The van der Waals surface area contributed by atoms with Crippen LogP contribution < -0.4 is 4.74 Å². The first-order chi connectivity index (χ1) is 14.6. The molecule has 0 atom stereocenters. The fourth-order valence-corrected chi connectivity index (χ4v) is 4.54. The number of aromatic nitrogens is 1. The molecule has 2 aromatic carbocycles. The van der Waals surface area contributed by atoms with Crippen molar-refractivity contribution in [2.45, 2.75) is 51.6 Å². The summed E-state index contributed by atoms with van der Waals surface area (Å²) in [5, 5.41) is 1.52. The average molecular weight is 423 g/mol. The van der Waals surface area contributed by atoms with Crippen molar-refractivity contribution in [2.75, 3.05) is 7.11 Å². The van der Waals surface area contributed by atoms with Crippen molar-refractivity contribution in [3.05, 3.63) is 70.4 Å². The van der Waals surface area contributed by atoms with Gasteiger partial charge < -0.3 is 9.64 Å². The fourth-order valence-electron chi connectivity index (χ4n) is 4.34. The summed E-state index contributed by atoms with van der Waals surface area (Å²) in [6.07, 6.45) is 5.57. The molecule has 3 aromatic rings. The lowest BCUT2D eigenvalue weighted by Gasteiger charge is -2.35. The van der Waals surface area contributed by atoms with Gasteiger partial charge in [0.2, 0.25) is 0 Å². The number of fused-ring (bicyclic) bond motifs is 1. The first kappa shape index (κ1) is 20.7. The predicted molar refractivity (Wildman–Crippen MR) is 121 cm³/mol. The second-order valence-corrected chi connectivity index (χ2v) is 8.40. The number of carbonyl (C=O) groups excluding carboxylic acids is 1. The molecule has 1 amide bonds. The van der Waals surface area contributed by atoms with Gasteiger partial charge in [0.05, 0.1) is 12.6 Å². The molecule has 1 fully saturated rings. The van der Waals surface area contributed by atoms with E-state index < -0.39 is 0 Å². The largest absolute Gasteiger partial charge is 0.497 e. The van der Waals surface area contributed by atoms with Gasteiger partial charge in [-0.3, -0.25) is 4.79 Å². The van der Waals surface area contributed by atoms with E-state index in [9.17, 15) is 4.79 Å². The molecule has 30 heavy (non-hydrogen) atoms. The Morgan fingerprint density at radius 3 is 2.67 bits per heavy atom. The lowest BCUT2D eigenvalue weighted by atomic mass is 9.93. The number of para-hydroxylation sites is 1. The van der Waals surface area contributed by atoms with Gasteiger partial charge in [-0.2, -0.15) is 0 Å². The van der Waals surface area contributed by atoms with E-state index in [1.54, 1.807) is 7.11 Å². The number of amides is 1. The van der Waals surface area contributed by atoms with E-state index in [1.165, 1.54) is 6.42 Å². The second-order valence-electron chi connectivity index (χ2n) is 8.04. The van der Waals surface area contributed by atoms with Gasteiger partial charge in [-0.25, -0.2) is 4.98 Å². The molecule has 5 heteroatoms. The standard InChI is InChI=1S/C25H27ClN2O2/c1-17-8-6-9-18-14-20(24(26)27-23(17)18)16-28(21-11-4-3-5-12-21)25(29)19-10-7-13-22(15-19)30-2/h6-10,13-15,21H,3-5,11-12,16H2,1-2H3. The Labute approximate surface area is 182 Å². The maximum absolute atomic E-state index is 13.6. The smallest absolute Gasteiger partial charge is 0.254 e. The molecule has 0 aliphatic heterocycles. The molecule has 1 aliphatic rings. The van der Waals surface area contributed by atoms with Crippen LogP contribution in [0.2, 0.25) is 5.15 Å². The predicted octanol–water partition coefficient (Wildman–Crippen LogP) is 6.18. The summed E-state index contributed by atoms with van der Waals surface area (Å²) in [4.78, 5) is 20.2. The number of hydrogen-bond donors (Lipinski definition) is 0. The van der Waals surface area contributed by atoms with Gasteiger partial charge >= 0.3 is 0 Å². The van der Waals surface area contributed by atoms with Gasteiger partial charge in [-0.1, -0.05) is 55.1 Å². The Hall–Kier alpha value is -2.59. The van der Waals surface area contributed by atoms with Crippen LogP contribution >= 0.6 is 11.6 Å². The molecule has 0 bridgehead atoms. The van der Waals surface area contributed by atoms with E-state index in [4.69, 9.17) is 16.3 Å². The van der Waals surface area contributed by atoms with Crippen LogP contribution in [-0.4, -0.2) is 28.9 Å². The number of hydrogen-bond acceptors (Lipinski definition) is 3. The lowest BCUT2D eigenvalue weighted by Crippen LogP contribution is -2.41. The van der Waals surface area contributed by atoms with Crippen molar-refractivity contribution in [2.24, 2.45) is 0 Å². The minimum Gasteiger partial charge on any atom is -0.497 e. The van der Waals surface area contributed by atoms with Crippen molar-refractivity contribution >= 4 is 28.4 Å². The minimum absolute atomic E-state index is 0.0150. The number of nitrogens with zero attached hydrogens (tertiary/aromatic N) is 2. The highest BCUT2D eigenvalue weighted by atomic mass is 35.5. The summed E-state index contributed by atoms with van der Waals surface area (Å²) < 4.78 is 5.33. The van der Waals surface area contributed by atoms with Crippen LogP contribution in [-0.2, 0) is 6.54 Å². The van der Waals surface area contributed by atoms with E-state index >= 15 is 0 Å². The molecular weight excluding hydrogens is 396 g/mol. The topological polar surface area (TPSA) is 42.4 Å². The molecule has 1 aromatic heterocycles. The molecule has 0 radical (unpaired) electrons. The van der Waals surface area contributed by atoms with Crippen LogP contribution in [0.3, 0.4) is 0 Å². The second kappa shape index (κ2) is 9.05. The van der Waals surface area contributed by atoms with Crippen molar-refractivity contribution < 1.29 is 9.53 Å². The third kappa shape index (κ3) is 4.29. The summed E-state index contributed by atoms with van der Waals surface area (Å²) in [6, 6.07) is 15.8. The summed E-state index contributed by atoms with van der Waals surface area (Å²) >= 11 is 6.59. The van der Waals surface area contributed by atoms with Gasteiger partial charge in [-0.15, -0.1) is 0 Å². The van der Waals surface area contributed by atoms with E-state index in [1.807, 2.05) is 54.3 Å². The van der Waals surface area contributed by atoms with E-state index in [2.05, 4.69) is 11.1 Å². The van der Waals surface area contributed by atoms with Crippen molar-refractivity contribution in [1.29, 1.82) is 0 Å². The quantitative estimate of drug-likeness (QED) is 0.461. The Kier molecular flexibility index (Phi) is 6.24. The Morgan fingerprint density at radius 2 is 1.90 bits per heavy atom. The SMILES string of the molecule is COc1cccc(C(=O)N(Cc2cc3cccc(C)c3nc2Cl)C2CCCCC2)c1. The van der Waals surface area contributed by atoms with E-state index in [-0.39, 0.29) is 11.9 Å². The van der Waals surface area contributed by atoms with Gasteiger partial charge in [0, 0.05) is 29.1 Å². The number of pyridine rings is 1. The number of benzene rings is 2. The third-order valence-corrected chi connectivity index (χ3v) is 6.33. The van der Waals surface area contributed by atoms with E-state index in [0.717, 1.165) is 47.7 Å². The molecule has 1 aliphatic carbocycles. The van der Waals surface area contributed by atoms with Crippen molar-refractivity contribution in [3.63, 3.8) is 0 Å². The van der Waals surface area contributed by atoms with Crippen molar-refractivity contribution in [3.8, 4) is 5.75 Å². The monoisotopic (exact) mass is 422 g/mol. The Morgan fingerprint density at radius 1 is 1.13 bits per heavy atom. The number of carbonyl (C=O) groups is 1. The number of aryl methyl sites for hydroxylation is 1. The molecule has 1 saturated carbocycles. The van der Waals surface area contributed by atoms with Gasteiger partial charge in [0.15, 0.2) is 0 Å². The maximum Gasteiger partial charge on any atom is 0.254 e. The van der Waals surface area contributed by atoms with E-state index in [0.29, 0.717) is 23.0 Å². The zero-order valence-electron chi connectivity index (χ0n) is 17.5. The maximum atomic E-state index is 13.6. The number of methoxy groups -OCH3 is 1. The highest BCUT2D eigenvalue weighted by molar-refractivity contribution is 6.30. The molecule has 0 spiro atoms. The summed E-state index contributed by atoms with van der Waals surface area (Å²) in [5.74, 6) is 0.700. The number of rotatable bonds is 5. The first-order valence-electron chi connectivity index (χ1n) is 10.6. The third-order valence-electron chi connectivity index (χ3n) is 6.01. The number of halogens is 1. The molecule has 0 saturated heterocycles. The average Bonchev–Trinajstić information content (AvgIpc) is 2.78. The number of ether oxygens (including phenoxy) is 1. The molecule has 0 unspecified atom stereocenters. The van der Waals surface area contributed by atoms with Crippen LogP contribution in [0.15, 0.2) is 48.5 Å². The molecule has 4 nitrogen and oxygen atoms in total. The summed E-state index contributed by atoms with van der Waals surface area (Å²) in [5.41, 5.74) is 3.53. The van der Waals surface area contributed by atoms with Gasteiger partial charge in [0.25, 0.3) is 5.91 Å². The molecule has 1 heterocycles. The first-order valence-corrected chi connectivity index (χ1v) is 10.9. The minimum atomic E-state index is 0.0150. The lowest BCUT2D eigenvalue weighted by molar-refractivity contribution is 0.0614. The molecule has 156 valence electrons. The van der Waals surface area contributed by atoms with Crippen LogP contribution in [0, 0.1) is 6.92 Å². The summed E-state index contributed by atoms with van der Waals surface area (Å²) in [6.45, 7) is 2.49. The normalized spacial score (nSPS) is 14.6. The zero-order chi connectivity index (χ0) is 21.1. The van der Waals surface area contributed by atoms with Gasteiger partial charge in [0.1, 0.15) is 10.9 Å². The highest BCUT2D eigenvalue weighted by Gasteiger charge is 2.27. The fraction of sp³-hybridized carbons (Fsp3) is 0.360. The van der Waals surface area contributed by atoms with Crippen LogP contribution in [0.25, 0.3) is 10.9 Å². The Balaban J connectivity index is 1.70. The molecule has 0 N–H and O–H groups in total. The highest BCUT2D eigenvalue weighted by Crippen LogP contribution is 2.29. The van der Waals surface area contributed by atoms with Crippen molar-refractivity contribution in [1.82, 2.24) is 9.88 Å².